The predicted molar refractivity (Wildman–Crippen MR) is 470 cm³/mol. The number of hydrogen-bond acceptors (Lipinski definition) is 16. The number of halogens is 6. The van der Waals surface area contributed by atoms with Gasteiger partial charge < -0.3 is 85.4 Å². The van der Waals surface area contributed by atoms with Gasteiger partial charge in [0.05, 0.1) is 63.1 Å². The average Bonchev–Trinajstić information content (AvgIpc) is 0.700. The highest BCUT2D eigenvalue weighted by Crippen LogP contribution is 2.67. The molecule has 0 radical (unpaired) electrons. The van der Waals surface area contributed by atoms with Gasteiger partial charge in [-0.25, -0.2) is 26.3 Å². The summed E-state index contributed by atoms with van der Waals surface area (Å²) < 4.78 is 99.1. The van der Waals surface area contributed by atoms with Crippen LogP contribution in [-0.2, 0) is 40.5 Å². The molecule has 3 spiro atoms. The maximum absolute atomic E-state index is 14.0. The standard InChI is InChI=1S/C38H37F2NO8.C32H28F2NO6P.C32H27F2NO4/c39-25-8-6-24(7-9-25)38(48)17-15-37(16-18-38)35(41(36(37)47)27-12-10-26(40)11-13-27)28-14-5-23(19-29(28)43)21-1-3-22(4-2-21)34-33(46)32(45)31(44)30(20-42)49-34;33-23-6-4-22(5-7-23)32(38)17-15-31(16-18-32)29(35(30(31)37)25-10-8-24(34)9-11-25)27-14-3-21(19-28(27)36)20-1-12-26(13-2-20)42(39,40)41;33-23-7-5-22(6-8-23)32(39)16-14-31(15-17-32)29(35(30(31)38)25-11-9-24(34)10-12-25)27-13-4-21(19-28(27)37)20-2-1-3-26(36)18-20/h1-14,19,30-35,42-46,48H,15-18,20H2;1-14,19,29,36,38H,15-18H2,(H2,39,40,41);1-13,18-19,29,36-37,39H,14-17H2/t30-,31-,32+,33-,34+,35-,37?,38?;2*29-,31?,32?/m111/s1. The monoisotopic (exact) mass is 1790 g/mol. The van der Waals surface area contributed by atoms with Crippen molar-refractivity contribution in [1.82, 2.24) is 0 Å². The minimum Gasteiger partial charge on any atom is -0.508 e. The van der Waals surface area contributed by atoms with Crippen molar-refractivity contribution in [3.8, 4) is 56.4 Å². The maximum Gasteiger partial charge on any atom is 0.356 e. The summed E-state index contributed by atoms with van der Waals surface area (Å²) in [5.74, 6) is -3.05. The van der Waals surface area contributed by atoms with Crippen molar-refractivity contribution in [2.24, 2.45) is 16.2 Å². The number of hydrogen-bond donors (Lipinski definition) is 13. The number of aromatic hydroxyl groups is 4. The first-order chi connectivity index (χ1) is 62.1. The lowest BCUT2D eigenvalue weighted by Crippen LogP contribution is -2.65. The second-order valence-electron chi connectivity index (χ2n) is 35.1. The molecular weight excluding hydrogens is 1700 g/mol. The molecule has 21 nitrogen and oxygen atoms in total. The summed E-state index contributed by atoms with van der Waals surface area (Å²) in [4.78, 5) is 65.2. The van der Waals surface area contributed by atoms with E-state index in [0.717, 1.165) is 5.56 Å². The van der Waals surface area contributed by atoms with Gasteiger partial charge in [0.15, 0.2) is 0 Å². The van der Waals surface area contributed by atoms with Crippen LogP contribution in [0.5, 0.6) is 23.0 Å². The van der Waals surface area contributed by atoms with Gasteiger partial charge in [0.25, 0.3) is 0 Å². The van der Waals surface area contributed by atoms with E-state index >= 15 is 0 Å². The number of β-lactam (4-membered cyclic amide) rings is 3. The average molecular weight is 1790 g/mol. The van der Waals surface area contributed by atoms with Crippen LogP contribution in [0.25, 0.3) is 33.4 Å². The molecule has 3 aliphatic carbocycles. The Balaban J connectivity index is 0.000000138. The molecule has 12 aromatic rings. The number of rotatable bonds is 15. The third kappa shape index (κ3) is 16.4. The summed E-state index contributed by atoms with van der Waals surface area (Å²) in [7, 11) is -4.40. The van der Waals surface area contributed by atoms with Crippen molar-refractivity contribution in [3.05, 3.63) is 347 Å². The van der Waals surface area contributed by atoms with Gasteiger partial charge in [0.1, 0.15) is 88.4 Å². The van der Waals surface area contributed by atoms with Crippen molar-refractivity contribution in [1.29, 1.82) is 0 Å². The third-order valence-electron chi connectivity index (χ3n) is 27.8. The van der Waals surface area contributed by atoms with Crippen LogP contribution < -0.4 is 20.0 Å². The zero-order valence-electron chi connectivity index (χ0n) is 69.7. The van der Waals surface area contributed by atoms with Gasteiger partial charge in [-0.15, -0.1) is 0 Å². The number of phenols is 4. The van der Waals surface area contributed by atoms with Gasteiger partial charge in [0, 0.05) is 33.8 Å². The van der Waals surface area contributed by atoms with Crippen LogP contribution in [0.4, 0.5) is 43.4 Å². The molecule has 12 aromatic carbocycles. The van der Waals surface area contributed by atoms with E-state index in [0.29, 0.717) is 135 Å². The molecule has 3 saturated carbocycles. The molecule has 670 valence electrons. The predicted octanol–water partition coefficient (Wildman–Crippen LogP) is 16.6. The molecule has 4 heterocycles. The number of benzene rings is 12. The Morgan fingerprint density at radius 1 is 0.338 bits per heavy atom. The highest BCUT2D eigenvalue weighted by molar-refractivity contribution is 7.60. The Bertz CT molecular complexity index is 6270. The van der Waals surface area contributed by atoms with E-state index in [1.54, 1.807) is 160 Å². The van der Waals surface area contributed by atoms with Gasteiger partial charge in [0.2, 0.25) is 17.7 Å². The molecule has 0 unspecified atom stereocenters. The highest BCUT2D eigenvalue weighted by atomic mass is 31.2. The van der Waals surface area contributed by atoms with Gasteiger partial charge in [-0.2, -0.15) is 0 Å². The number of aliphatic hydroxyl groups excluding tert-OH is 4. The van der Waals surface area contributed by atoms with Crippen LogP contribution in [0.2, 0.25) is 0 Å². The maximum atomic E-state index is 14.0. The van der Waals surface area contributed by atoms with E-state index in [9.17, 15) is 111 Å². The van der Waals surface area contributed by atoms with Crippen molar-refractivity contribution in [3.63, 3.8) is 0 Å². The van der Waals surface area contributed by atoms with E-state index in [1.807, 2.05) is 18.2 Å². The molecule has 13 N–H and O–H groups in total. The van der Waals surface area contributed by atoms with Crippen LogP contribution >= 0.6 is 7.60 Å². The molecule has 7 fully saturated rings. The molecule has 19 rings (SSSR count). The lowest BCUT2D eigenvalue weighted by Gasteiger charge is -2.59. The van der Waals surface area contributed by atoms with E-state index in [1.165, 1.54) is 109 Å². The zero-order valence-corrected chi connectivity index (χ0v) is 70.6. The van der Waals surface area contributed by atoms with Crippen molar-refractivity contribution < 1.29 is 116 Å². The quantitative estimate of drug-likeness (QED) is 0.0258. The van der Waals surface area contributed by atoms with Gasteiger partial charge >= 0.3 is 7.60 Å². The second kappa shape index (κ2) is 34.8. The van der Waals surface area contributed by atoms with Crippen molar-refractivity contribution >= 4 is 47.7 Å². The minimum absolute atomic E-state index is 0.000741. The normalized spacial score (nSPS) is 27.0. The first-order valence-corrected chi connectivity index (χ1v) is 44.3. The van der Waals surface area contributed by atoms with Gasteiger partial charge in [-0.05, 0) is 284 Å². The second-order valence-corrected chi connectivity index (χ2v) is 36.7. The van der Waals surface area contributed by atoms with E-state index in [2.05, 4.69) is 0 Å². The third-order valence-corrected chi connectivity index (χ3v) is 28.8. The Labute approximate surface area is 743 Å². The number of carbonyl (C=O) groups excluding carboxylic acids is 3. The highest BCUT2D eigenvalue weighted by Gasteiger charge is 2.67. The Morgan fingerprint density at radius 2 is 0.623 bits per heavy atom. The summed E-state index contributed by atoms with van der Waals surface area (Å²) >= 11 is 0. The number of carbonyl (C=O) groups is 3. The Kier molecular flexibility index (Phi) is 24.0. The molecule has 0 aromatic heterocycles. The summed E-state index contributed by atoms with van der Waals surface area (Å²) in [5, 5.41) is 119. The lowest BCUT2D eigenvalue weighted by molar-refractivity contribution is -0.231. The molecule has 8 atom stereocenters. The molecule has 4 saturated heterocycles. The van der Waals surface area contributed by atoms with Crippen LogP contribution in [0.15, 0.2) is 273 Å². The number of anilines is 3. The van der Waals surface area contributed by atoms with E-state index in [4.69, 9.17) is 4.74 Å². The van der Waals surface area contributed by atoms with Crippen LogP contribution in [-0.4, -0.2) is 115 Å². The fraction of sp³-hybridized carbons (Fsp3) is 0.265. The Hall–Kier alpha value is -12.3. The van der Waals surface area contributed by atoms with Crippen LogP contribution in [0.1, 0.15) is 140 Å². The van der Waals surface area contributed by atoms with E-state index in [-0.39, 0.29) is 77.5 Å². The largest absolute Gasteiger partial charge is 0.508 e. The first-order valence-electron chi connectivity index (χ1n) is 42.7. The molecule has 0 bridgehead atoms. The summed E-state index contributed by atoms with van der Waals surface area (Å²) in [6, 6.07) is 67.1. The smallest absolute Gasteiger partial charge is 0.356 e. The SMILES string of the molecule is O=C1N(c2ccc(F)cc2)[C@H](c2ccc(-c3ccc(P(=O)(O)O)cc3)cc2O)C12CCC(O)(c1ccc(F)cc1)CC2.O=C1N(c2ccc(F)cc2)[C@H](c2ccc(-c3ccc([C@@H]4O[C@H](CO)[C@@H](O)[C@H](O)[C@H]4O)cc3)cc2O)C12CCC(O)(c1ccc(F)cc1)CC2.O=C1N(c2ccc(F)cc2)[C@H](c2ccc(-c3cccc(O)c3)cc2O)C12CCC(O)(c1ccc(F)cc1)CC2. The number of nitrogens with zero attached hydrogens (tertiary/aromatic N) is 3. The number of aliphatic hydroxyl groups is 7. The number of amides is 3. The van der Waals surface area contributed by atoms with Crippen molar-refractivity contribution in [2.45, 2.75) is 142 Å². The molecule has 130 heavy (non-hydrogen) atoms. The molecule has 4 aliphatic heterocycles. The van der Waals surface area contributed by atoms with Gasteiger partial charge in [-0.3, -0.25) is 18.9 Å². The fourth-order valence-corrected chi connectivity index (χ4v) is 21.0. The summed E-state index contributed by atoms with van der Waals surface area (Å²) in [6.07, 6.45) is -2.86. The van der Waals surface area contributed by atoms with Gasteiger partial charge in [-0.1, -0.05) is 121 Å². The number of phenolic OH excluding ortho intramolecular Hbond substituents is 4. The zero-order chi connectivity index (χ0) is 91.9. The molecular formula is C102H92F6N3O18P. The topological polar surface area (TPSA) is 350 Å². The molecule has 7 aliphatic rings. The molecule has 3 amide bonds. The number of ether oxygens (including phenoxy) is 1. The minimum atomic E-state index is -4.40. The Morgan fingerprint density at radius 3 is 0.915 bits per heavy atom. The molecule has 28 heteroatoms. The summed E-state index contributed by atoms with van der Waals surface area (Å²) in [5.41, 5.74) is 2.94. The first kappa shape index (κ1) is 89.6. The van der Waals surface area contributed by atoms with E-state index < -0.39 is 125 Å². The van der Waals surface area contributed by atoms with Crippen LogP contribution in [0.3, 0.4) is 0 Å². The lowest BCUT2D eigenvalue weighted by atomic mass is 9.56. The summed E-state index contributed by atoms with van der Waals surface area (Å²) in [6.45, 7) is -0.535. The van der Waals surface area contributed by atoms with Crippen LogP contribution in [0, 0.1) is 51.1 Å². The van der Waals surface area contributed by atoms with Crippen molar-refractivity contribution in [2.75, 3.05) is 21.3 Å². The fourth-order valence-electron chi connectivity index (χ4n) is 20.5.